The third kappa shape index (κ3) is 4.79. The normalized spacial score (nSPS) is 12.2. The highest BCUT2D eigenvalue weighted by Gasteiger charge is 2.16. The largest absolute Gasteiger partial charge is 0.497 e. The summed E-state index contributed by atoms with van der Waals surface area (Å²) >= 11 is 1.25. The number of ether oxygens (including phenoxy) is 1. The number of benzene rings is 2. The van der Waals surface area contributed by atoms with Gasteiger partial charge in [0.25, 0.3) is 5.56 Å². The molecular weight excluding hydrogens is 386 g/mol. The lowest BCUT2D eigenvalue weighted by atomic mass is 10.1. The van der Waals surface area contributed by atoms with Gasteiger partial charge in [-0.1, -0.05) is 37.7 Å². The van der Waals surface area contributed by atoms with Crippen molar-refractivity contribution >= 4 is 28.6 Å². The van der Waals surface area contributed by atoms with Crippen LogP contribution in [-0.2, 0) is 4.79 Å². The second-order valence-corrected chi connectivity index (χ2v) is 8.08. The molecule has 1 N–H and O–H groups in total. The number of aromatic nitrogens is 2. The fourth-order valence-corrected chi connectivity index (χ4v) is 3.58. The third-order valence-electron chi connectivity index (χ3n) is 4.80. The van der Waals surface area contributed by atoms with Gasteiger partial charge in [0.05, 0.1) is 29.5 Å². The van der Waals surface area contributed by atoms with Gasteiger partial charge in [-0.15, -0.1) is 0 Å². The highest BCUT2D eigenvalue weighted by Crippen LogP contribution is 2.22. The predicted molar refractivity (Wildman–Crippen MR) is 117 cm³/mol. The summed E-state index contributed by atoms with van der Waals surface area (Å²) in [5.74, 6) is 1.14. The smallest absolute Gasteiger partial charge is 0.266 e. The third-order valence-corrected chi connectivity index (χ3v) is 5.74. The molecule has 0 radical (unpaired) electrons. The number of carbonyl (C=O) groups is 1. The van der Waals surface area contributed by atoms with Crippen LogP contribution in [0, 0.1) is 5.92 Å². The Balaban J connectivity index is 1.98. The maximum atomic E-state index is 13.2. The lowest BCUT2D eigenvalue weighted by Crippen LogP contribution is -2.37. The van der Waals surface area contributed by atoms with E-state index < -0.39 is 0 Å². The molecule has 0 spiro atoms. The van der Waals surface area contributed by atoms with Gasteiger partial charge in [-0.25, -0.2) is 4.98 Å². The van der Waals surface area contributed by atoms with Crippen LogP contribution in [0.1, 0.15) is 20.8 Å². The van der Waals surface area contributed by atoms with Crippen molar-refractivity contribution in [1.29, 1.82) is 0 Å². The number of hydrogen-bond donors (Lipinski definition) is 1. The van der Waals surface area contributed by atoms with Gasteiger partial charge in [0.15, 0.2) is 5.16 Å². The Morgan fingerprint density at radius 1 is 1.14 bits per heavy atom. The molecule has 1 atom stereocenters. The molecule has 1 unspecified atom stereocenters. The molecule has 0 fully saturated rings. The molecule has 29 heavy (non-hydrogen) atoms. The average molecular weight is 412 g/mol. The first-order valence-electron chi connectivity index (χ1n) is 9.49. The Hall–Kier alpha value is -2.80. The molecule has 3 rings (SSSR count). The zero-order valence-electron chi connectivity index (χ0n) is 17.0. The van der Waals surface area contributed by atoms with E-state index >= 15 is 0 Å². The minimum atomic E-state index is -0.167. The van der Waals surface area contributed by atoms with Crippen molar-refractivity contribution in [3.8, 4) is 11.4 Å². The van der Waals surface area contributed by atoms with E-state index in [0.29, 0.717) is 33.4 Å². The average Bonchev–Trinajstić information content (AvgIpc) is 2.72. The summed E-state index contributed by atoms with van der Waals surface area (Å²) in [6, 6.07) is 14.5. The summed E-state index contributed by atoms with van der Waals surface area (Å²) in [5.41, 5.74) is 1.12. The Morgan fingerprint density at radius 2 is 1.83 bits per heavy atom. The summed E-state index contributed by atoms with van der Waals surface area (Å²) in [6.07, 6.45) is 0. The van der Waals surface area contributed by atoms with E-state index in [1.54, 1.807) is 35.9 Å². The van der Waals surface area contributed by atoms with Gasteiger partial charge in [0, 0.05) is 6.04 Å². The number of fused-ring (bicyclic) bond motifs is 1. The number of thioether (sulfide) groups is 1. The second kappa shape index (κ2) is 9.13. The van der Waals surface area contributed by atoms with Crippen LogP contribution in [0.4, 0.5) is 0 Å². The first-order chi connectivity index (χ1) is 13.9. The maximum absolute atomic E-state index is 13.2. The Bertz CT molecular complexity index is 1060. The van der Waals surface area contributed by atoms with Crippen LogP contribution in [0.2, 0.25) is 0 Å². The molecule has 3 aromatic rings. The van der Waals surface area contributed by atoms with Gasteiger partial charge >= 0.3 is 0 Å². The van der Waals surface area contributed by atoms with Crippen LogP contribution in [-0.4, -0.2) is 34.4 Å². The fraction of sp³-hybridized carbons (Fsp3) is 0.318. The summed E-state index contributed by atoms with van der Waals surface area (Å²) in [5, 5.41) is 4.00. The van der Waals surface area contributed by atoms with Gasteiger partial charge in [-0.05, 0) is 49.2 Å². The van der Waals surface area contributed by atoms with Gasteiger partial charge in [-0.3, -0.25) is 14.2 Å². The molecule has 2 aromatic carbocycles. The van der Waals surface area contributed by atoms with Crippen molar-refractivity contribution < 1.29 is 9.53 Å². The molecule has 1 heterocycles. The van der Waals surface area contributed by atoms with Gasteiger partial charge in [-0.2, -0.15) is 0 Å². The number of hydrogen-bond acceptors (Lipinski definition) is 5. The van der Waals surface area contributed by atoms with Crippen LogP contribution in [0.3, 0.4) is 0 Å². The molecule has 1 aromatic heterocycles. The van der Waals surface area contributed by atoms with Crippen molar-refractivity contribution in [2.45, 2.75) is 32.0 Å². The SMILES string of the molecule is COc1ccc(-n2c(SCC(=O)NC(C)C(C)C)nc3ccccc3c2=O)cc1. The summed E-state index contributed by atoms with van der Waals surface area (Å²) < 4.78 is 6.76. The van der Waals surface area contributed by atoms with Crippen molar-refractivity contribution in [2.75, 3.05) is 12.9 Å². The minimum Gasteiger partial charge on any atom is -0.497 e. The molecule has 0 saturated carbocycles. The molecule has 1 amide bonds. The van der Waals surface area contributed by atoms with E-state index in [1.807, 2.05) is 31.2 Å². The van der Waals surface area contributed by atoms with Crippen LogP contribution < -0.4 is 15.6 Å². The number of amides is 1. The summed E-state index contributed by atoms with van der Waals surface area (Å²) in [6.45, 7) is 6.10. The van der Waals surface area contributed by atoms with E-state index in [9.17, 15) is 9.59 Å². The minimum absolute atomic E-state index is 0.0800. The molecule has 7 heteroatoms. The van der Waals surface area contributed by atoms with Crippen molar-refractivity contribution in [3.63, 3.8) is 0 Å². The quantitative estimate of drug-likeness (QED) is 0.475. The number of carbonyl (C=O) groups excluding carboxylic acids is 1. The fourth-order valence-electron chi connectivity index (χ4n) is 2.76. The zero-order valence-corrected chi connectivity index (χ0v) is 17.8. The van der Waals surface area contributed by atoms with E-state index in [1.165, 1.54) is 11.8 Å². The van der Waals surface area contributed by atoms with E-state index in [-0.39, 0.29) is 23.3 Å². The number of methoxy groups -OCH3 is 1. The number of para-hydroxylation sites is 1. The highest BCUT2D eigenvalue weighted by molar-refractivity contribution is 7.99. The molecule has 152 valence electrons. The van der Waals surface area contributed by atoms with Crippen LogP contribution in [0.25, 0.3) is 16.6 Å². The molecule has 6 nitrogen and oxygen atoms in total. The van der Waals surface area contributed by atoms with Crippen LogP contribution >= 0.6 is 11.8 Å². The summed E-state index contributed by atoms with van der Waals surface area (Å²) in [4.78, 5) is 30.2. The Labute approximate surface area is 174 Å². The standard InChI is InChI=1S/C22H25N3O3S/c1-14(2)15(3)23-20(26)13-29-22-24-19-8-6-5-7-18(19)21(27)25(22)16-9-11-17(28-4)12-10-16/h5-12,14-15H,13H2,1-4H3,(H,23,26). The Morgan fingerprint density at radius 3 is 2.48 bits per heavy atom. The Kier molecular flexibility index (Phi) is 6.59. The highest BCUT2D eigenvalue weighted by atomic mass is 32.2. The lowest BCUT2D eigenvalue weighted by Gasteiger charge is -2.18. The molecule has 0 saturated heterocycles. The number of nitrogens with one attached hydrogen (secondary N) is 1. The van der Waals surface area contributed by atoms with Gasteiger partial charge < -0.3 is 10.1 Å². The first-order valence-corrected chi connectivity index (χ1v) is 10.5. The van der Waals surface area contributed by atoms with E-state index in [4.69, 9.17) is 4.74 Å². The molecule has 0 aliphatic carbocycles. The van der Waals surface area contributed by atoms with Gasteiger partial charge in [0.2, 0.25) is 5.91 Å². The number of nitrogens with zero attached hydrogens (tertiary/aromatic N) is 2. The van der Waals surface area contributed by atoms with Crippen LogP contribution in [0.5, 0.6) is 5.75 Å². The van der Waals surface area contributed by atoms with E-state index in [2.05, 4.69) is 24.1 Å². The zero-order chi connectivity index (χ0) is 21.0. The number of rotatable bonds is 7. The van der Waals surface area contributed by atoms with Crippen LogP contribution in [0.15, 0.2) is 58.5 Å². The maximum Gasteiger partial charge on any atom is 0.266 e. The lowest BCUT2D eigenvalue weighted by molar-refractivity contribution is -0.119. The molecule has 0 bridgehead atoms. The second-order valence-electron chi connectivity index (χ2n) is 7.14. The summed E-state index contributed by atoms with van der Waals surface area (Å²) in [7, 11) is 1.59. The van der Waals surface area contributed by atoms with Crippen molar-refractivity contribution in [1.82, 2.24) is 14.9 Å². The topological polar surface area (TPSA) is 73.2 Å². The van der Waals surface area contributed by atoms with Crippen molar-refractivity contribution in [3.05, 3.63) is 58.9 Å². The molecule has 0 aliphatic rings. The molecular formula is C22H25N3O3S. The predicted octanol–water partition coefficient (Wildman–Crippen LogP) is 3.65. The van der Waals surface area contributed by atoms with E-state index in [0.717, 1.165) is 0 Å². The first kappa shape index (κ1) is 20.9. The monoisotopic (exact) mass is 411 g/mol. The van der Waals surface area contributed by atoms with Crippen molar-refractivity contribution in [2.24, 2.45) is 5.92 Å². The molecule has 0 aliphatic heterocycles. The van der Waals surface area contributed by atoms with Gasteiger partial charge in [0.1, 0.15) is 5.75 Å².